The first kappa shape index (κ1) is 23.6. The van der Waals surface area contributed by atoms with Crippen molar-refractivity contribution in [2.24, 2.45) is 4.99 Å². The van der Waals surface area contributed by atoms with Gasteiger partial charge in [-0.1, -0.05) is 36.4 Å². The van der Waals surface area contributed by atoms with Gasteiger partial charge in [-0.05, 0) is 42.3 Å². The van der Waals surface area contributed by atoms with Crippen molar-refractivity contribution >= 4 is 29.9 Å². The highest BCUT2D eigenvalue weighted by Gasteiger charge is 2.07. The van der Waals surface area contributed by atoms with Crippen LogP contribution in [0.25, 0.3) is 0 Å². The summed E-state index contributed by atoms with van der Waals surface area (Å²) >= 11 is 0. The summed E-state index contributed by atoms with van der Waals surface area (Å²) in [7, 11) is 1.65. The minimum absolute atomic E-state index is 0. The van der Waals surface area contributed by atoms with Crippen LogP contribution in [0.4, 0.5) is 0 Å². The Morgan fingerprint density at radius 3 is 2.50 bits per heavy atom. The molecule has 0 radical (unpaired) electrons. The van der Waals surface area contributed by atoms with E-state index < -0.39 is 0 Å². The highest BCUT2D eigenvalue weighted by Crippen LogP contribution is 2.29. The predicted octanol–water partition coefficient (Wildman–Crippen LogP) is 4.74. The van der Waals surface area contributed by atoms with E-state index in [-0.39, 0.29) is 24.0 Å². The van der Waals surface area contributed by atoms with Gasteiger partial charge in [0.1, 0.15) is 12.4 Å². The van der Waals surface area contributed by atoms with Crippen LogP contribution in [0.5, 0.6) is 11.5 Å². The van der Waals surface area contributed by atoms with Gasteiger partial charge < -0.3 is 24.5 Å². The van der Waals surface area contributed by atoms with Gasteiger partial charge in [-0.3, -0.25) is 0 Å². The lowest BCUT2D eigenvalue weighted by atomic mass is 10.2. The molecule has 0 saturated carbocycles. The molecule has 30 heavy (non-hydrogen) atoms. The number of aliphatic imine (C=N–C) groups is 1. The maximum atomic E-state index is 5.92. The highest BCUT2D eigenvalue weighted by molar-refractivity contribution is 14.0. The second kappa shape index (κ2) is 12.8. The van der Waals surface area contributed by atoms with Crippen molar-refractivity contribution in [1.29, 1.82) is 0 Å². The molecule has 7 heteroatoms. The molecule has 0 atom stereocenters. The molecule has 0 bridgehead atoms. The summed E-state index contributed by atoms with van der Waals surface area (Å²) in [4.78, 5) is 4.64. The second-order valence-electron chi connectivity index (χ2n) is 6.39. The lowest BCUT2D eigenvalue weighted by Crippen LogP contribution is -2.36. The number of benzene rings is 2. The van der Waals surface area contributed by atoms with Gasteiger partial charge >= 0.3 is 0 Å². The summed E-state index contributed by atoms with van der Waals surface area (Å²) in [5, 5.41) is 6.50. The molecule has 0 spiro atoms. The Morgan fingerprint density at radius 2 is 1.80 bits per heavy atom. The molecular weight excluding hydrogens is 493 g/mol. The van der Waals surface area contributed by atoms with Gasteiger partial charge in [-0.2, -0.15) is 0 Å². The molecule has 1 heterocycles. The predicted molar refractivity (Wildman–Crippen MR) is 130 cm³/mol. The summed E-state index contributed by atoms with van der Waals surface area (Å²) < 4.78 is 16.8. The third-order valence-electron chi connectivity index (χ3n) is 4.24. The monoisotopic (exact) mass is 521 g/mol. The highest BCUT2D eigenvalue weighted by atomic mass is 127. The third kappa shape index (κ3) is 7.29. The van der Waals surface area contributed by atoms with Crippen LogP contribution in [0.2, 0.25) is 0 Å². The van der Waals surface area contributed by atoms with Crippen LogP contribution in [0.1, 0.15) is 23.8 Å². The fraction of sp³-hybridized carbons (Fsp3) is 0.261. The van der Waals surface area contributed by atoms with Crippen LogP contribution < -0.4 is 20.1 Å². The Balaban J connectivity index is 0.00000320. The maximum Gasteiger partial charge on any atom is 0.191 e. The van der Waals surface area contributed by atoms with E-state index in [0.29, 0.717) is 31.2 Å². The third-order valence-corrected chi connectivity index (χ3v) is 4.24. The molecule has 0 saturated heterocycles. The van der Waals surface area contributed by atoms with Crippen LogP contribution >= 0.6 is 24.0 Å². The summed E-state index contributed by atoms with van der Waals surface area (Å²) in [6.07, 6.45) is 1.66. The number of furan rings is 1. The number of guanidine groups is 1. The molecule has 6 nitrogen and oxygen atoms in total. The average Bonchev–Trinajstić information content (AvgIpc) is 3.29. The molecule has 160 valence electrons. The topological polar surface area (TPSA) is 68.0 Å². The number of halogens is 1. The number of nitrogens with zero attached hydrogens (tertiary/aromatic N) is 1. The first-order valence-corrected chi connectivity index (χ1v) is 9.66. The standard InChI is InChI=1S/C23H27N3O3.HI/c1-3-24-23(26-16-20-10-7-13-28-20)25-15-19-11-12-21(22(14-19)27-2)29-17-18-8-5-4-6-9-18;/h4-14H,3,15-17H2,1-2H3,(H2,24,25,26);1H. The van der Waals surface area contributed by atoms with Crippen LogP contribution in [0.15, 0.2) is 76.3 Å². The van der Waals surface area contributed by atoms with E-state index in [0.717, 1.165) is 29.4 Å². The van der Waals surface area contributed by atoms with Crippen molar-refractivity contribution in [3.63, 3.8) is 0 Å². The molecule has 0 aliphatic rings. The van der Waals surface area contributed by atoms with Gasteiger partial charge in [-0.25, -0.2) is 4.99 Å². The number of hydrogen-bond acceptors (Lipinski definition) is 4. The lowest BCUT2D eigenvalue weighted by Gasteiger charge is -2.13. The number of methoxy groups -OCH3 is 1. The van der Waals surface area contributed by atoms with Gasteiger partial charge in [0, 0.05) is 6.54 Å². The Hall–Kier alpha value is -2.68. The largest absolute Gasteiger partial charge is 0.493 e. The molecule has 0 aliphatic carbocycles. The minimum atomic E-state index is 0. The van der Waals surface area contributed by atoms with Gasteiger partial charge in [-0.15, -0.1) is 24.0 Å². The SMILES string of the molecule is CCNC(=NCc1ccc(OCc2ccccc2)c(OC)c1)NCc1ccco1.I. The molecule has 0 aliphatic heterocycles. The van der Waals surface area contributed by atoms with Gasteiger partial charge in [0.05, 0.1) is 26.5 Å². The quantitative estimate of drug-likeness (QED) is 0.242. The van der Waals surface area contributed by atoms with Crippen LogP contribution in [-0.4, -0.2) is 19.6 Å². The molecule has 1 aromatic heterocycles. The smallest absolute Gasteiger partial charge is 0.191 e. The molecule has 0 amide bonds. The van der Waals surface area contributed by atoms with E-state index >= 15 is 0 Å². The zero-order valence-corrected chi connectivity index (χ0v) is 19.6. The Bertz CT molecular complexity index is 899. The van der Waals surface area contributed by atoms with Crippen molar-refractivity contribution in [2.45, 2.75) is 26.6 Å². The summed E-state index contributed by atoms with van der Waals surface area (Å²) in [5.41, 5.74) is 2.14. The summed E-state index contributed by atoms with van der Waals surface area (Å²) in [6, 6.07) is 19.7. The van der Waals surface area contributed by atoms with Crippen molar-refractivity contribution in [3.8, 4) is 11.5 Å². The van der Waals surface area contributed by atoms with Crippen molar-refractivity contribution < 1.29 is 13.9 Å². The summed E-state index contributed by atoms with van der Waals surface area (Å²) in [5.74, 6) is 3.00. The molecule has 3 rings (SSSR count). The normalized spacial score (nSPS) is 10.8. The molecule has 3 aromatic rings. The molecule has 0 unspecified atom stereocenters. The van der Waals surface area contributed by atoms with E-state index in [4.69, 9.17) is 13.9 Å². The number of hydrogen-bond donors (Lipinski definition) is 2. The van der Waals surface area contributed by atoms with Crippen molar-refractivity contribution in [2.75, 3.05) is 13.7 Å². The molecule has 2 N–H and O–H groups in total. The van der Waals surface area contributed by atoms with Gasteiger partial charge in [0.15, 0.2) is 17.5 Å². The summed E-state index contributed by atoms with van der Waals surface area (Å²) in [6.45, 7) is 4.40. The zero-order valence-electron chi connectivity index (χ0n) is 17.3. The lowest BCUT2D eigenvalue weighted by molar-refractivity contribution is 0.284. The first-order chi connectivity index (χ1) is 14.3. The molecule has 2 aromatic carbocycles. The Labute approximate surface area is 194 Å². The molecule has 0 fully saturated rings. The number of ether oxygens (including phenoxy) is 2. The fourth-order valence-electron chi connectivity index (χ4n) is 2.76. The van der Waals surface area contributed by atoms with E-state index in [9.17, 15) is 0 Å². The van der Waals surface area contributed by atoms with Crippen LogP contribution in [0, 0.1) is 0 Å². The van der Waals surface area contributed by atoms with E-state index in [2.05, 4.69) is 15.6 Å². The minimum Gasteiger partial charge on any atom is -0.493 e. The van der Waals surface area contributed by atoms with Crippen LogP contribution in [0.3, 0.4) is 0 Å². The Kier molecular flexibility index (Phi) is 10.1. The van der Waals surface area contributed by atoms with Crippen molar-refractivity contribution in [3.05, 3.63) is 83.8 Å². The maximum absolute atomic E-state index is 5.92. The van der Waals surface area contributed by atoms with E-state index in [1.165, 1.54) is 0 Å². The molecular formula is C23H28IN3O3. The fourth-order valence-corrected chi connectivity index (χ4v) is 2.76. The zero-order chi connectivity index (χ0) is 20.3. The van der Waals surface area contributed by atoms with E-state index in [1.807, 2.05) is 67.6 Å². The van der Waals surface area contributed by atoms with E-state index in [1.54, 1.807) is 13.4 Å². The van der Waals surface area contributed by atoms with Crippen molar-refractivity contribution in [1.82, 2.24) is 10.6 Å². The first-order valence-electron chi connectivity index (χ1n) is 9.66. The number of nitrogens with one attached hydrogen (secondary N) is 2. The Morgan fingerprint density at radius 1 is 0.967 bits per heavy atom. The van der Waals surface area contributed by atoms with Gasteiger partial charge in [0.2, 0.25) is 0 Å². The number of rotatable bonds is 9. The van der Waals surface area contributed by atoms with Gasteiger partial charge in [0.25, 0.3) is 0 Å². The second-order valence-corrected chi connectivity index (χ2v) is 6.39. The average molecular weight is 521 g/mol. The van der Waals surface area contributed by atoms with Crippen LogP contribution in [-0.2, 0) is 19.7 Å².